The van der Waals surface area contributed by atoms with Crippen molar-refractivity contribution in [2.75, 3.05) is 0 Å². The topological polar surface area (TPSA) is 47.9 Å². The van der Waals surface area contributed by atoms with Crippen molar-refractivity contribution in [3.8, 4) is 0 Å². The molecule has 0 saturated heterocycles. The monoisotopic (exact) mass is 228 g/mol. The van der Waals surface area contributed by atoms with Gasteiger partial charge in [-0.2, -0.15) is 0 Å². The first-order valence-electron chi connectivity index (χ1n) is 3.70. The number of rotatable bonds is 6. The molecule has 0 heterocycles. The van der Waals surface area contributed by atoms with Crippen LogP contribution in [0, 0.1) is 0 Å². The van der Waals surface area contributed by atoms with Crippen LogP contribution in [0.15, 0.2) is 0 Å². The SMILES string of the molecule is C[SiH2]O[SiH](C)O[SiH](C)O[SiH2]O. The van der Waals surface area contributed by atoms with Crippen molar-refractivity contribution < 1.29 is 17.1 Å². The van der Waals surface area contributed by atoms with E-state index in [1.807, 2.05) is 13.1 Å². The predicted molar refractivity (Wildman–Crippen MR) is 54.5 cm³/mol. The van der Waals surface area contributed by atoms with Crippen molar-refractivity contribution in [1.29, 1.82) is 0 Å². The zero-order valence-corrected chi connectivity index (χ0v) is 12.4. The molecule has 0 amide bonds. The van der Waals surface area contributed by atoms with Gasteiger partial charge >= 0.3 is 0 Å². The van der Waals surface area contributed by atoms with Crippen LogP contribution in [0.1, 0.15) is 0 Å². The van der Waals surface area contributed by atoms with Crippen LogP contribution in [-0.4, -0.2) is 43.1 Å². The zero-order chi connectivity index (χ0) is 8.69. The Morgan fingerprint density at radius 3 is 2.18 bits per heavy atom. The van der Waals surface area contributed by atoms with Crippen LogP contribution < -0.4 is 0 Å². The summed E-state index contributed by atoms with van der Waals surface area (Å²) in [5.41, 5.74) is 0. The first-order chi connectivity index (χ1) is 5.20. The summed E-state index contributed by atoms with van der Waals surface area (Å²) < 4.78 is 15.9. The molecule has 0 aromatic rings. The van der Waals surface area contributed by atoms with Gasteiger partial charge in [-0.05, 0) is 13.1 Å². The Balaban J connectivity index is 3.32. The van der Waals surface area contributed by atoms with Crippen molar-refractivity contribution in [2.24, 2.45) is 0 Å². The van der Waals surface area contributed by atoms with E-state index in [4.69, 9.17) is 17.1 Å². The molecule has 0 aromatic carbocycles. The highest BCUT2D eigenvalue weighted by Crippen LogP contribution is 1.92. The highest BCUT2D eigenvalue weighted by molar-refractivity contribution is 6.62. The van der Waals surface area contributed by atoms with Crippen LogP contribution in [0.4, 0.5) is 0 Å². The maximum atomic E-state index is 8.53. The van der Waals surface area contributed by atoms with Gasteiger partial charge in [0.05, 0.1) is 0 Å². The van der Waals surface area contributed by atoms with Gasteiger partial charge in [-0.1, -0.05) is 6.55 Å². The van der Waals surface area contributed by atoms with E-state index < -0.39 is 28.6 Å². The summed E-state index contributed by atoms with van der Waals surface area (Å²) in [6, 6.07) is 0. The van der Waals surface area contributed by atoms with Gasteiger partial charge in [0.25, 0.3) is 28.6 Å². The summed E-state index contributed by atoms with van der Waals surface area (Å²) in [4.78, 5) is 8.53. The van der Waals surface area contributed by atoms with E-state index in [1.165, 1.54) is 0 Å². The van der Waals surface area contributed by atoms with E-state index in [1.54, 1.807) is 0 Å². The third-order valence-corrected chi connectivity index (χ3v) is 9.85. The van der Waals surface area contributed by atoms with E-state index >= 15 is 0 Å². The third kappa shape index (κ3) is 7.08. The summed E-state index contributed by atoms with van der Waals surface area (Å²) in [5.74, 6) is 0. The second kappa shape index (κ2) is 7.36. The molecule has 0 radical (unpaired) electrons. The van der Waals surface area contributed by atoms with Crippen molar-refractivity contribution in [3.05, 3.63) is 0 Å². The summed E-state index contributed by atoms with van der Waals surface area (Å²) in [5, 5.41) is 0. The molecule has 0 spiro atoms. The quantitative estimate of drug-likeness (QED) is 0.527. The number of hydrogen-bond donors (Lipinski definition) is 1. The second-order valence-electron chi connectivity index (χ2n) is 2.02. The lowest BCUT2D eigenvalue weighted by Gasteiger charge is -2.16. The molecule has 0 aromatic heterocycles. The Bertz CT molecular complexity index is 83.4. The molecule has 0 aliphatic carbocycles. The van der Waals surface area contributed by atoms with Crippen LogP contribution >= 0.6 is 0 Å². The molecule has 8 heteroatoms. The summed E-state index contributed by atoms with van der Waals surface area (Å²) >= 11 is 0. The highest BCUT2D eigenvalue weighted by Gasteiger charge is 2.11. The van der Waals surface area contributed by atoms with E-state index in [0.717, 1.165) is 0 Å². The van der Waals surface area contributed by atoms with Crippen LogP contribution in [0.3, 0.4) is 0 Å². The van der Waals surface area contributed by atoms with Gasteiger partial charge in [-0.3, -0.25) is 0 Å². The standard InChI is InChI=1S/C3H16O4Si4/c1-8-5-10(2)7-11(3)6-9-4/h4,10-11H,8-9H2,1-3H3. The Kier molecular flexibility index (Phi) is 7.84. The Hall–Kier alpha value is 0.708. The molecule has 2 unspecified atom stereocenters. The van der Waals surface area contributed by atoms with Crippen LogP contribution in [0.5, 0.6) is 0 Å². The minimum Gasteiger partial charge on any atom is -0.444 e. The molecule has 4 nitrogen and oxygen atoms in total. The average molecular weight is 229 g/mol. The van der Waals surface area contributed by atoms with Gasteiger partial charge in [-0.25, -0.2) is 0 Å². The van der Waals surface area contributed by atoms with E-state index in [-0.39, 0.29) is 9.76 Å². The lowest BCUT2D eigenvalue weighted by Crippen LogP contribution is -2.31. The molecule has 68 valence electrons. The van der Waals surface area contributed by atoms with Crippen molar-refractivity contribution >= 4 is 38.3 Å². The molecular formula is C3H16O4Si4. The predicted octanol–water partition coefficient (Wildman–Crippen LogP) is -2.14. The normalized spacial score (nSPS) is 18.5. The highest BCUT2D eigenvalue weighted by atomic mass is 28.4. The van der Waals surface area contributed by atoms with Gasteiger partial charge < -0.3 is 17.1 Å². The molecule has 2 atom stereocenters. The minimum absolute atomic E-state index is 0.338. The fourth-order valence-electron chi connectivity index (χ4n) is 0.688. The Labute approximate surface area is 75.6 Å². The molecular weight excluding hydrogens is 212 g/mol. The van der Waals surface area contributed by atoms with Crippen molar-refractivity contribution in [1.82, 2.24) is 0 Å². The van der Waals surface area contributed by atoms with Gasteiger partial charge in [-0.15, -0.1) is 0 Å². The molecule has 0 fully saturated rings. The van der Waals surface area contributed by atoms with E-state index in [0.29, 0.717) is 0 Å². The van der Waals surface area contributed by atoms with E-state index in [2.05, 4.69) is 6.55 Å². The van der Waals surface area contributed by atoms with Gasteiger partial charge in [0.1, 0.15) is 9.76 Å². The maximum absolute atomic E-state index is 8.53. The fourth-order valence-corrected chi connectivity index (χ4v) is 7.61. The van der Waals surface area contributed by atoms with Gasteiger partial charge in [0.2, 0.25) is 0 Å². The smallest absolute Gasteiger partial charge is 0.300 e. The van der Waals surface area contributed by atoms with E-state index in [9.17, 15) is 0 Å². The van der Waals surface area contributed by atoms with Crippen LogP contribution in [0.25, 0.3) is 0 Å². The first kappa shape index (κ1) is 11.7. The lowest BCUT2D eigenvalue weighted by atomic mass is 11.9. The van der Waals surface area contributed by atoms with Gasteiger partial charge in [0, 0.05) is 0 Å². The first-order valence-corrected chi connectivity index (χ1v) is 11.1. The molecule has 0 aliphatic rings. The molecule has 0 bridgehead atoms. The lowest BCUT2D eigenvalue weighted by molar-refractivity contribution is 0.365. The molecule has 11 heavy (non-hydrogen) atoms. The van der Waals surface area contributed by atoms with Crippen LogP contribution in [-0.2, 0) is 12.3 Å². The third-order valence-electron chi connectivity index (χ3n) is 1.09. The minimum atomic E-state index is -1.52. The van der Waals surface area contributed by atoms with Crippen molar-refractivity contribution in [3.63, 3.8) is 0 Å². The second-order valence-corrected chi connectivity index (χ2v) is 8.88. The maximum Gasteiger partial charge on any atom is 0.300 e. The molecule has 0 aliphatic heterocycles. The zero-order valence-electron chi connectivity index (χ0n) is 7.24. The Morgan fingerprint density at radius 1 is 1.18 bits per heavy atom. The van der Waals surface area contributed by atoms with Crippen molar-refractivity contribution in [2.45, 2.75) is 19.6 Å². The molecule has 0 saturated carbocycles. The Morgan fingerprint density at radius 2 is 1.73 bits per heavy atom. The summed E-state index contributed by atoms with van der Waals surface area (Å²) in [6.07, 6.45) is 0. The largest absolute Gasteiger partial charge is 0.444 e. The molecule has 0 rings (SSSR count). The summed E-state index contributed by atoms with van der Waals surface area (Å²) in [7, 11) is -4.52. The average Bonchev–Trinajstić information content (AvgIpc) is 1.87. The van der Waals surface area contributed by atoms with Crippen LogP contribution in [0.2, 0.25) is 19.6 Å². The number of hydrogen-bond acceptors (Lipinski definition) is 4. The molecule has 1 N–H and O–H groups in total. The van der Waals surface area contributed by atoms with Gasteiger partial charge in [0.15, 0.2) is 0 Å². The fraction of sp³-hybridized carbons (Fsp3) is 1.00. The summed E-state index contributed by atoms with van der Waals surface area (Å²) in [6.45, 7) is 6.01.